The maximum Gasteiger partial charge on any atom is 0.223 e. The van der Waals surface area contributed by atoms with E-state index in [1.54, 1.807) is 0 Å². The minimum Gasteiger partial charge on any atom is -0.493 e. The van der Waals surface area contributed by atoms with Gasteiger partial charge in [-0.2, -0.15) is 0 Å². The first kappa shape index (κ1) is 34.2. The molecule has 1 heterocycles. The van der Waals surface area contributed by atoms with Crippen LogP contribution in [0.5, 0.6) is 5.75 Å². The van der Waals surface area contributed by atoms with E-state index in [0.717, 1.165) is 49.3 Å². The van der Waals surface area contributed by atoms with Gasteiger partial charge in [-0.1, -0.05) is 93.9 Å². The van der Waals surface area contributed by atoms with E-state index in [-0.39, 0.29) is 42.2 Å². The number of benzene rings is 1. The molecule has 1 saturated heterocycles. The second-order valence-corrected chi connectivity index (χ2v) is 13.8. The minimum atomic E-state index is -0.789. The number of amides is 2. The summed E-state index contributed by atoms with van der Waals surface area (Å²) >= 11 is 0. The zero-order chi connectivity index (χ0) is 31.2. The number of ether oxygens (including phenoxy) is 2. The molecule has 0 radical (unpaired) electrons. The summed E-state index contributed by atoms with van der Waals surface area (Å²) in [6, 6.07) is 7.22. The summed E-state index contributed by atoms with van der Waals surface area (Å²) in [6.45, 7) is 5.71. The molecule has 0 aromatic heterocycles. The Morgan fingerprint density at radius 1 is 1.05 bits per heavy atom. The van der Waals surface area contributed by atoms with Crippen LogP contribution < -0.4 is 15.4 Å². The Hall–Kier alpha value is -2.64. The van der Waals surface area contributed by atoms with Crippen LogP contribution in [0, 0.1) is 24.2 Å². The van der Waals surface area contributed by atoms with E-state index in [0.29, 0.717) is 26.1 Å². The van der Waals surface area contributed by atoms with Gasteiger partial charge in [-0.25, -0.2) is 0 Å². The van der Waals surface area contributed by atoms with Crippen molar-refractivity contribution < 1.29 is 24.2 Å². The van der Waals surface area contributed by atoms with Crippen molar-refractivity contribution in [2.24, 2.45) is 17.3 Å². The summed E-state index contributed by atoms with van der Waals surface area (Å²) in [5.74, 6) is 1.41. The van der Waals surface area contributed by atoms with Crippen molar-refractivity contribution in [3.8, 4) is 5.75 Å². The third-order valence-corrected chi connectivity index (χ3v) is 9.80. The molecule has 0 spiro atoms. The third kappa shape index (κ3) is 11.7. The van der Waals surface area contributed by atoms with Crippen LogP contribution in [0.3, 0.4) is 0 Å². The Balaban J connectivity index is 1.38. The fourth-order valence-corrected chi connectivity index (χ4v) is 7.00. The number of rotatable bonds is 16. The average Bonchev–Trinajstić information content (AvgIpc) is 3.03. The first-order valence-electron chi connectivity index (χ1n) is 17.2. The molecule has 3 aliphatic rings. The molecular formula is C37H56N2O5. The predicted octanol–water partition coefficient (Wildman–Crippen LogP) is 6.57. The molecule has 244 valence electrons. The Morgan fingerprint density at radius 3 is 2.50 bits per heavy atom. The van der Waals surface area contributed by atoms with Crippen LogP contribution >= 0.6 is 0 Å². The standard InChI is InChI=1S/C37H56N2O5/c1-28-14-16-32(17-15-28)44-25-20-35(41)39-33(27-37(2)21-7-4-8-22-37)34(40)26-31(13-9-12-29-10-5-3-6-11-29)38-36(42)30-18-23-43-24-19-30/h4,7-8,14-17,21,29-31,33-34,40H,3,5-6,9-13,18-20,22-27H2,1-2H3,(H,38,42)(H,39,41)/t31?,33?,34-,37?/m0/s1. The summed E-state index contributed by atoms with van der Waals surface area (Å²) in [5, 5.41) is 18.2. The zero-order valence-corrected chi connectivity index (χ0v) is 27.1. The largest absolute Gasteiger partial charge is 0.493 e. The van der Waals surface area contributed by atoms with Crippen molar-refractivity contribution in [2.75, 3.05) is 19.8 Å². The Morgan fingerprint density at radius 2 is 1.80 bits per heavy atom. The average molecular weight is 609 g/mol. The summed E-state index contributed by atoms with van der Waals surface area (Å²) < 4.78 is 11.3. The molecule has 44 heavy (non-hydrogen) atoms. The number of aryl methyl sites for hydroxylation is 1. The summed E-state index contributed by atoms with van der Waals surface area (Å²) in [6.07, 6.45) is 20.9. The van der Waals surface area contributed by atoms with E-state index in [2.05, 4.69) is 29.7 Å². The lowest BCUT2D eigenvalue weighted by Crippen LogP contribution is -2.50. The van der Waals surface area contributed by atoms with Crippen LogP contribution in [0.2, 0.25) is 0 Å². The van der Waals surface area contributed by atoms with Gasteiger partial charge in [-0.3, -0.25) is 9.59 Å². The van der Waals surface area contributed by atoms with Crippen molar-refractivity contribution in [3.05, 3.63) is 54.1 Å². The van der Waals surface area contributed by atoms with Crippen molar-refractivity contribution in [3.63, 3.8) is 0 Å². The van der Waals surface area contributed by atoms with Crippen LogP contribution in [0.15, 0.2) is 48.6 Å². The van der Waals surface area contributed by atoms with E-state index >= 15 is 0 Å². The van der Waals surface area contributed by atoms with Gasteiger partial charge < -0.3 is 25.2 Å². The summed E-state index contributed by atoms with van der Waals surface area (Å²) in [7, 11) is 0. The lowest BCUT2D eigenvalue weighted by molar-refractivity contribution is -0.129. The second-order valence-electron chi connectivity index (χ2n) is 13.8. The van der Waals surface area contributed by atoms with Crippen molar-refractivity contribution >= 4 is 11.8 Å². The van der Waals surface area contributed by atoms with Gasteiger partial charge >= 0.3 is 0 Å². The van der Waals surface area contributed by atoms with Gasteiger partial charge in [-0.15, -0.1) is 0 Å². The van der Waals surface area contributed by atoms with Gasteiger partial charge in [0.05, 0.1) is 25.2 Å². The maximum atomic E-state index is 13.3. The van der Waals surface area contributed by atoms with E-state index in [9.17, 15) is 14.7 Å². The second kappa shape index (κ2) is 17.7. The molecule has 4 atom stereocenters. The molecule has 2 amide bonds. The molecule has 7 nitrogen and oxygen atoms in total. The Bertz CT molecular complexity index is 1070. The Kier molecular flexibility index (Phi) is 13.8. The van der Waals surface area contributed by atoms with Crippen molar-refractivity contribution in [1.29, 1.82) is 0 Å². The summed E-state index contributed by atoms with van der Waals surface area (Å²) in [5.41, 5.74) is 0.983. The highest BCUT2D eigenvalue weighted by Gasteiger charge is 2.33. The van der Waals surface area contributed by atoms with Crippen LogP contribution in [-0.2, 0) is 14.3 Å². The van der Waals surface area contributed by atoms with E-state index < -0.39 is 12.1 Å². The Labute approximate surface area is 265 Å². The molecule has 4 rings (SSSR count). The zero-order valence-electron chi connectivity index (χ0n) is 27.1. The maximum absolute atomic E-state index is 13.3. The predicted molar refractivity (Wildman–Crippen MR) is 175 cm³/mol. The van der Waals surface area contributed by atoms with E-state index in [1.165, 1.54) is 38.5 Å². The van der Waals surface area contributed by atoms with Gasteiger partial charge in [0, 0.05) is 25.2 Å². The van der Waals surface area contributed by atoms with Gasteiger partial charge in [0.2, 0.25) is 11.8 Å². The van der Waals surface area contributed by atoms with Crippen molar-refractivity contribution in [2.45, 2.75) is 122 Å². The highest BCUT2D eigenvalue weighted by Crippen LogP contribution is 2.34. The fraction of sp³-hybridized carbons (Fsp3) is 0.676. The highest BCUT2D eigenvalue weighted by atomic mass is 16.5. The SMILES string of the molecule is Cc1ccc(OCCC(=O)NC(CC2(C)C=CC=CC2)[C@@H](O)CC(CCCC2CCCCC2)NC(=O)C2CCOCC2)cc1. The molecule has 2 fully saturated rings. The normalized spacial score (nSPS) is 23.1. The van der Waals surface area contributed by atoms with E-state index in [1.807, 2.05) is 43.3 Å². The van der Waals surface area contributed by atoms with Crippen molar-refractivity contribution in [1.82, 2.24) is 10.6 Å². The smallest absolute Gasteiger partial charge is 0.223 e. The van der Waals surface area contributed by atoms with Crippen LogP contribution in [0.25, 0.3) is 0 Å². The van der Waals surface area contributed by atoms with Crippen LogP contribution in [-0.4, -0.2) is 54.9 Å². The van der Waals surface area contributed by atoms with Gasteiger partial charge in [0.25, 0.3) is 0 Å². The lowest BCUT2D eigenvalue weighted by atomic mass is 9.76. The minimum absolute atomic E-state index is 0.0381. The number of hydrogen-bond acceptors (Lipinski definition) is 5. The molecule has 3 N–H and O–H groups in total. The molecular weight excluding hydrogens is 552 g/mol. The highest BCUT2D eigenvalue weighted by molar-refractivity contribution is 5.79. The van der Waals surface area contributed by atoms with E-state index in [4.69, 9.17) is 9.47 Å². The number of aliphatic hydroxyl groups excluding tert-OH is 1. The number of hydrogen-bond donors (Lipinski definition) is 3. The molecule has 1 saturated carbocycles. The first-order chi connectivity index (χ1) is 21.3. The number of carbonyl (C=O) groups excluding carboxylic acids is 2. The van der Waals surface area contributed by atoms with Crippen LogP contribution in [0.4, 0.5) is 0 Å². The number of nitrogens with one attached hydrogen (secondary N) is 2. The molecule has 0 bridgehead atoms. The molecule has 2 aliphatic carbocycles. The monoisotopic (exact) mass is 608 g/mol. The topological polar surface area (TPSA) is 96.9 Å². The quantitative estimate of drug-likeness (QED) is 0.197. The third-order valence-electron chi connectivity index (χ3n) is 9.80. The number of allylic oxidation sites excluding steroid dienone is 4. The molecule has 7 heteroatoms. The van der Waals surface area contributed by atoms with Crippen LogP contribution in [0.1, 0.15) is 102 Å². The fourth-order valence-electron chi connectivity index (χ4n) is 7.00. The first-order valence-corrected chi connectivity index (χ1v) is 17.2. The number of carbonyl (C=O) groups is 2. The molecule has 1 aromatic rings. The van der Waals surface area contributed by atoms with Gasteiger partial charge in [0.1, 0.15) is 5.75 Å². The van der Waals surface area contributed by atoms with Gasteiger partial charge in [0.15, 0.2) is 0 Å². The molecule has 1 aromatic carbocycles. The number of aliphatic hydroxyl groups is 1. The molecule has 1 aliphatic heterocycles. The molecule has 3 unspecified atom stereocenters. The van der Waals surface area contributed by atoms with Gasteiger partial charge in [-0.05, 0) is 68.9 Å². The summed E-state index contributed by atoms with van der Waals surface area (Å²) in [4.78, 5) is 26.4. The lowest BCUT2D eigenvalue weighted by Gasteiger charge is -2.35.